The van der Waals surface area contributed by atoms with Gasteiger partial charge in [-0.05, 0) is 31.2 Å². The average molecular weight is 369 g/mol. The number of hydrogen-bond donors (Lipinski definition) is 1. The van der Waals surface area contributed by atoms with Crippen LogP contribution in [-0.2, 0) is 4.74 Å². The molecule has 7 heteroatoms. The van der Waals surface area contributed by atoms with Crippen LogP contribution in [0.4, 0.5) is 5.00 Å². The van der Waals surface area contributed by atoms with E-state index >= 15 is 0 Å². The Morgan fingerprint density at radius 2 is 1.96 bits per heavy atom. The van der Waals surface area contributed by atoms with Gasteiger partial charge in [0.2, 0.25) is 6.79 Å². The number of nitrogens with one attached hydrogen (secondary N) is 1. The molecule has 26 heavy (non-hydrogen) atoms. The van der Waals surface area contributed by atoms with Crippen LogP contribution in [0.3, 0.4) is 0 Å². The molecule has 2 heterocycles. The van der Waals surface area contributed by atoms with Gasteiger partial charge in [0.05, 0.1) is 6.61 Å². The summed E-state index contributed by atoms with van der Waals surface area (Å²) in [6.45, 7) is 2.15. The molecule has 0 atom stereocenters. The van der Waals surface area contributed by atoms with Gasteiger partial charge >= 0.3 is 5.97 Å². The Kier molecular flexibility index (Phi) is 4.22. The Morgan fingerprint density at radius 1 is 1.15 bits per heavy atom. The van der Waals surface area contributed by atoms with E-state index in [2.05, 4.69) is 5.32 Å². The number of hydrogen-bond acceptors (Lipinski definition) is 6. The molecule has 0 spiro atoms. The quantitative estimate of drug-likeness (QED) is 0.702. The maximum absolute atomic E-state index is 12.7. The van der Waals surface area contributed by atoms with E-state index in [1.807, 2.05) is 24.3 Å². The van der Waals surface area contributed by atoms with Crippen molar-refractivity contribution in [3.05, 3.63) is 53.6 Å². The van der Waals surface area contributed by atoms with Crippen molar-refractivity contribution in [2.24, 2.45) is 0 Å². The van der Waals surface area contributed by atoms with Gasteiger partial charge in [0.1, 0.15) is 10.6 Å². The van der Waals surface area contributed by atoms with Crippen molar-refractivity contribution < 1.29 is 23.8 Å². The van der Waals surface area contributed by atoms with Crippen LogP contribution in [0.15, 0.2) is 42.5 Å². The minimum absolute atomic E-state index is 0.143. The number of benzene rings is 2. The molecule has 0 bridgehead atoms. The Bertz CT molecular complexity index is 1010. The fraction of sp³-hybridized carbons (Fsp3) is 0.158. The highest BCUT2D eigenvalue weighted by Crippen LogP contribution is 2.37. The molecule has 1 aliphatic heterocycles. The zero-order valence-electron chi connectivity index (χ0n) is 13.9. The minimum atomic E-state index is -0.453. The van der Waals surface area contributed by atoms with Crippen LogP contribution in [-0.4, -0.2) is 25.3 Å². The summed E-state index contributed by atoms with van der Waals surface area (Å²) in [5.74, 6) is 0.349. The van der Waals surface area contributed by atoms with Gasteiger partial charge in [-0.15, -0.1) is 11.3 Å². The number of rotatable bonds is 4. The molecule has 1 aliphatic rings. The predicted octanol–water partition coefficient (Wildman–Crippen LogP) is 4.06. The van der Waals surface area contributed by atoms with Crippen molar-refractivity contribution in [2.45, 2.75) is 6.92 Å². The van der Waals surface area contributed by atoms with Gasteiger partial charge in [-0.25, -0.2) is 4.79 Å². The zero-order chi connectivity index (χ0) is 18.1. The lowest BCUT2D eigenvalue weighted by Crippen LogP contribution is -2.14. The van der Waals surface area contributed by atoms with Crippen molar-refractivity contribution in [3.8, 4) is 11.5 Å². The fourth-order valence-electron chi connectivity index (χ4n) is 2.75. The van der Waals surface area contributed by atoms with Gasteiger partial charge in [-0.1, -0.05) is 18.2 Å². The van der Waals surface area contributed by atoms with Gasteiger partial charge in [-0.3, -0.25) is 4.79 Å². The van der Waals surface area contributed by atoms with Crippen LogP contribution in [0, 0.1) is 0 Å². The molecule has 0 fully saturated rings. The summed E-state index contributed by atoms with van der Waals surface area (Å²) in [4.78, 5) is 25.1. The highest BCUT2D eigenvalue weighted by molar-refractivity contribution is 7.23. The number of esters is 1. The van der Waals surface area contributed by atoms with Crippen LogP contribution in [0.1, 0.15) is 27.6 Å². The summed E-state index contributed by atoms with van der Waals surface area (Å²) < 4.78 is 16.6. The molecule has 1 aromatic heterocycles. The average Bonchev–Trinajstić information content (AvgIpc) is 3.25. The molecular formula is C19H15NO5S. The van der Waals surface area contributed by atoms with E-state index in [1.165, 1.54) is 11.3 Å². The molecule has 0 saturated heterocycles. The number of thiophene rings is 1. The first-order valence-corrected chi connectivity index (χ1v) is 8.88. The summed E-state index contributed by atoms with van der Waals surface area (Å²) in [5.41, 5.74) is 0.794. The van der Waals surface area contributed by atoms with Gasteiger partial charge in [0.25, 0.3) is 5.91 Å². The van der Waals surface area contributed by atoms with Crippen LogP contribution in [0.25, 0.3) is 10.1 Å². The first-order valence-electron chi connectivity index (χ1n) is 8.07. The first-order chi connectivity index (χ1) is 12.7. The van der Waals surface area contributed by atoms with E-state index in [0.29, 0.717) is 27.6 Å². The van der Waals surface area contributed by atoms with Gasteiger partial charge in [0, 0.05) is 15.6 Å². The molecule has 4 rings (SSSR count). The molecule has 0 aliphatic carbocycles. The summed E-state index contributed by atoms with van der Waals surface area (Å²) in [6.07, 6.45) is 0. The van der Waals surface area contributed by atoms with Crippen molar-refractivity contribution in [1.29, 1.82) is 0 Å². The number of carbonyl (C=O) groups excluding carboxylic acids is 2. The molecule has 0 radical (unpaired) electrons. The lowest BCUT2D eigenvalue weighted by molar-refractivity contribution is 0.0530. The predicted molar refractivity (Wildman–Crippen MR) is 98.3 cm³/mol. The van der Waals surface area contributed by atoms with Gasteiger partial charge in [0.15, 0.2) is 11.5 Å². The molecular weight excluding hydrogens is 354 g/mol. The van der Waals surface area contributed by atoms with Crippen LogP contribution in [0.5, 0.6) is 11.5 Å². The van der Waals surface area contributed by atoms with Gasteiger partial charge < -0.3 is 19.5 Å². The second-order valence-electron chi connectivity index (χ2n) is 5.54. The van der Waals surface area contributed by atoms with Crippen molar-refractivity contribution in [2.75, 3.05) is 18.7 Å². The Balaban J connectivity index is 1.69. The first kappa shape index (κ1) is 16.4. The van der Waals surface area contributed by atoms with Crippen molar-refractivity contribution in [1.82, 2.24) is 0 Å². The lowest BCUT2D eigenvalue weighted by atomic mass is 10.1. The molecule has 0 saturated carbocycles. The molecule has 3 aromatic rings. The molecule has 1 amide bonds. The number of carbonyl (C=O) groups is 2. The van der Waals surface area contributed by atoms with E-state index in [0.717, 1.165) is 10.1 Å². The van der Waals surface area contributed by atoms with Crippen LogP contribution < -0.4 is 14.8 Å². The molecule has 2 aromatic carbocycles. The molecule has 132 valence electrons. The van der Waals surface area contributed by atoms with Crippen LogP contribution in [0.2, 0.25) is 0 Å². The summed E-state index contributed by atoms with van der Waals surface area (Å²) in [6, 6.07) is 12.4. The third-order valence-electron chi connectivity index (χ3n) is 3.94. The molecule has 6 nitrogen and oxygen atoms in total. The van der Waals surface area contributed by atoms with E-state index in [-0.39, 0.29) is 19.3 Å². The minimum Gasteiger partial charge on any atom is -0.462 e. The number of amides is 1. The fourth-order valence-corrected chi connectivity index (χ4v) is 3.84. The van der Waals surface area contributed by atoms with E-state index in [9.17, 15) is 9.59 Å². The number of ether oxygens (including phenoxy) is 3. The topological polar surface area (TPSA) is 73.9 Å². The maximum Gasteiger partial charge on any atom is 0.341 e. The highest BCUT2D eigenvalue weighted by Gasteiger charge is 2.23. The lowest BCUT2D eigenvalue weighted by Gasteiger charge is -2.07. The zero-order valence-corrected chi connectivity index (χ0v) is 14.7. The van der Waals surface area contributed by atoms with E-state index in [4.69, 9.17) is 14.2 Å². The molecule has 0 unspecified atom stereocenters. The largest absolute Gasteiger partial charge is 0.462 e. The van der Waals surface area contributed by atoms with Crippen molar-refractivity contribution >= 4 is 38.3 Å². The Labute approximate surface area is 153 Å². The molecule has 1 N–H and O–H groups in total. The monoisotopic (exact) mass is 369 g/mol. The highest BCUT2D eigenvalue weighted by atomic mass is 32.1. The SMILES string of the molecule is CCOC(=O)c1c(NC(=O)c2ccc3c(c2)OCO3)sc2ccccc12. The standard InChI is InChI=1S/C19H15NO5S/c1-2-23-19(22)16-12-5-3-4-6-15(12)26-18(16)20-17(21)11-7-8-13-14(9-11)25-10-24-13/h3-9H,2,10H2,1H3,(H,20,21). The third-order valence-corrected chi connectivity index (χ3v) is 5.02. The second kappa shape index (κ2) is 6.68. The van der Waals surface area contributed by atoms with E-state index < -0.39 is 5.97 Å². The number of fused-ring (bicyclic) bond motifs is 2. The van der Waals surface area contributed by atoms with Crippen LogP contribution >= 0.6 is 11.3 Å². The second-order valence-corrected chi connectivity index (χ2v) is 6.60. The third kappa shape index (κ3) is 2.86. The Hall–Kier alpha value is -3.06. The number of anilines is 1. The van der Waals surface area contributed by atoms with Gasteiger partial charge in [-0.2, -0.15) is 0 Å². The summed E-state index contributed by atoms with van der Waals surface area (Å²) in [7, 11) is 0. The van der Waals surface area contributed by atoms with E-state index in [1.54, 1.807) is 25.1 Å². The summed E-state index contributed by atoms with van der Waals surface area (Å²) >= 11 is 1.34. The van der Waals surface area contributed by atoms with Crippen molar-refractivity contribution in [3.63, 3.8) is 0 Å². The maximum atomic E-state index is 12.7. The summed E-state index contributed by atoms with van der Waals surface area (Å²) in [5, 5.41) is 4.06. The Morgan fingerprint density at radius 3 is 2.81 bits per heavy atom. The smallest absolute Gasteiger partial charge is 0.341 e. The normalized spacial score (nSPS) is 12.2.